The molecule has 4 nitrogen and oxygen atoms in total. The van der Waals surface area contributed by atoms with Gasteiger partial charge in [0.05, 0.1) is 6.61 Å². The van der Waals surface area contributed by atoms with Crippen molar-refractivity contribution in [3.63, 3.8) is 0 Å². The number of fused-ring (bicyclic) bond motifs is 1. The van der Waals surface area contributed by atoms with Crippen LogP contribution in [0.2, 0.25) is 0 Å². The number of nitrogens with zero attached hydrogens (tertiary/aromatic N) is 1. The molecule has 0 aliphatic carbocycles. The fourth-order valence-electron chi connectivity index (χ4n) is 1.71. The minimum Gasteiger partial charge on any atom is -0.461 e. The molecule has 0 saturated carbocycles. The largest absolute Gasteiger partial charge is 0.461 e. The summed E-state index contributed by atoms with van der Waals surface area (Å²) >= 11 is 0. The minimum atomic E-state index is -0.310. The van der Waals surface area contributed by atoms with Crippen molar-refractivity contribution in [3.05, 3.63) is 30.0 Å². The van der Waals surface area contributed by atoms with Crippen molar-refractivity contribution in [1.82, 2.24) is 4.98 Å². The van der Waals surface area contributed by atoms with E-state index < -0.39 is 0 Å². The molecule has 0 spiro atoms. The van der Waals surface area contributed by atoms with Gasteiger partial charge in [0.15, 0.2) is 0 Å². The number of aromatic nitrogens is 1. The molecule has 4 heteroatoms. The molecule has 1 N–H and O–H groups in total. The quantitative estimate of drug-likeness (QED) is 0.826. The lowest BCUT2D eigenvalue weighted by Gasteiger charge is -2.11. The van der Waals surface area contributed by atoms with Crippen molar-refractivity contribution < 1.29 is 9.53 Å². The summed E-state index contributed by atoms with van der Waals surface area (Å²) in [6.45, 7) is 2.18. The third-order valence-corrected chi connectivity index (χ3v) is 2.62. The van der Waals surface area contributed by atoms with E-state index in [9.17, 15) is 4.79 Å². The van der Waals surface area contributed by atoms with Crippen LogP contribution in [0.5, 0.6) is 0 Å². The Kier molecular flexibility index (Phi) is 3.04. The van der Waals surface area contributed by atoms with Gasteiger partial charge in [-0.05, 0) is 25.1 Å². The molecule has 17 heavy (non-hydrogen) atoms. The minimum absolute atomic E-state index is 0.310. The first-order valence-corrected chi connectivity index (χ1v) is 5.59. The average molecular weight is 232 g/mol. The van der Waals surface area contributed by atoms with Crippen LogP contribution in [0.3, 0.4) is 0 Å². The number of hydrogen-bond acceptors (Lipinski definition) is 3. The molecule has 1 aromatic heterocycles. The van der Waals surface area contributed by atoms with Gasteiger partial charge in [-0.2, -0.15) is 0 Å². The van der Waals surface area contributed by atoms with Gasteiger partial charge < -0.3 is 14.6 Å². The zero-order chi connectivity index (χ0) is 12.4. The van der Waals surface area contributed by atoms with Crippen LogP contribution < -0.4 is 4.90 Å². The second-order valence-electron chi connectivity index (χ2n) is 4.07. The van der Waals surface area contributed by atoms with E-state index in [1.165, 1.54) is 0 Å². The van der Waals surface area contributed by atoms with Gasteiger partial charge in [-0.25, -0.2) is 4.79 Å². The standard InChI is InChI=1S/C13H16N2O2/c1-4-17-13(16)12-7-9-5-6-10(15(2)3)8-11(9)14-12/h5-8,14H,4H2,1-3H3. The lowest BCUT2D eigenvalue weighted by Crippen LogP contribution is -2.08. The van der Waals surface area contributed by atoms with Crippen LogP contribution in [0.25, 0.3) is 10.9 Å². The van der Waals surface area contributed by atoms with Crippen LogP contribution in [0, 0.1) is 0 Å². The topological polar surface area (TPSA) is 45.3 Å². The maximum Gasteiger partial charge on any atom is 0.354 e. The zero-order valence-corrected chi connectivity index (χ0v) is 10.3. The first kappa shape index (κ1) is 11.5. The van der Waals surface area contributed by atoms with Gasteiger partial charge in [0.2, 0.25) is 0 Å². The fourth-order valence-corrected chi connectivity index (χ4v) is 1.71. The van der Waals surface area contributed by atoms with Gasteiger partial charge in [0.1, 0.15) is 5.69 Å². The number of hydrogen-bond donors (Lipinski definition) is 1. The van der Waals surface area contributed by atoms with E-state index in [1.807, 2.05) is 43.3 Å². The Labute approximate surface area is 100 Å². The van der Waals surface area contributed by atoms with Crippen LogP contribution in [-0.4, -0.2) is 31.7 Å². The number of carbonyl (C=O) groups excluding carboxylic acids is 1. The van der Waals surface area contributed by atoms with Crippen molar-refractivity contribution in [2.75, 3.05) is 25.6 Å². The number of nitrogens with one attached hydrogen (secondary N) is 1. The maximum absolute atomic E-state index is 11.6. The van der Waals surface area contributed by atoms with Crippen molar-refractivity contribution in [1.29, 1.82) is 0 Å². The van der Waals surface area contributed by atoms with Gasteiger partial charge in [-0.15, -0.1) is 0 Å². The third kappa shape index (κ3) is 2.25. The fraction of sp³-hybridized carbons (Fsp3) is 0.308. The molecule has 0 atom stereocenters. The average Bonchev–Trinajstić information content (AvgIpc) is 2.71. The van der Waals surface area contributed by atoms with E-state index in [2.05, 4.69) is 4.98 Å². The number of aromatic amines is 1. The highest BCUT2D eigenvalue weighted by atomic mass is 16.5. The summed E-state index contributed by atoms with van der Waals surface area (Å²) in [6, 6.07) is 7.83. The number of anilines is 1. The van der Waals surface area contributed by atoms with Gasteiger partial charge in [0.25, 0.3) is 0 Å². The lowest BCUT2D eigenvalue weighted by atomic mass is 10.2. The molecule has 0 fully saturated rings. The van der Waals surface area contributed by atoms with E-state index in [1.54, 1.807) is 6.92 Å². The highest BCUT2D eigenvalue weighted by Gasteiger charge is 2.10. The molecule has 0 aliphatic rings. The maximum atomic E-state index is 11.6. The molecule has 1 aromatic carbocycles. The van der Waals surface area contributed by atoms with Crippen molar-refractivity contribution in [2.45, 2.75) is 6.92 Å². The Morgan fingerprint density at radius 2 is 2.12 bits per heavy atom. The normalized spacial score (nSPS) is 10.5. The van der Waals surface area contributed by atoms with Gasteiger partial charge in [0, 0.05) is 30.7 Å². The molecule has 1 heterocycles. The molecule has 2 aromatic rings. The van der Waals surface area contributed by atoms with E-state index in [4.69, 9.17) is 4.74 Å². The number of H-pyrrole nitrogens is 1. The molecule has 90 valence electrons. The summed E-state index contributed by atoms with van der Waals surface area (Å²) in [5.74, 6) is -0.310. The highest BCUT2D eigenvalue weighted by molar-refractivity contribution is 5.95. The summed E-state index contributed by atoms with van der Waals surface area (Å²) in [5.41, 5.74) is 2.53. The van der Waals surface area contributed by atoms with Crippen LogP contribution in [0.4, 0.5) is 5.69 Å². The first-order chi connectivity index (χ1) is 8.11. The van der Waals surface area contributed by atoms with Crippen molar-refractivity contribution >= 4 is 22.6 Å². The second kappa shape index (κ2) is 4.49. The molecule has 0 amide bonds. The molecular weight excluding hydrogens is 216 g/mol. The zero-order valence-electron chi connectivity index (χ0n) is 10.3. The Balaban J connectivity index is 2.40. The molecular formula is C13H16N2O2. The summed E-state index contributed by atoms with van der Waals surface area (Å²) in [7, 11) is 3.97. The van der Waals surface area contributed by atoms with Crippen LogP contribution in [0.15, 0.2) is 24.3 Å². The Hall–Kier alpha value is -1.97. The molecule has 0 bridgehead atoms. The summed E-state index contributed by atoms with van der Waals surface area (Å²) in [6.07, 6.45) is 0. The molecule has 0 saturated heterocycles. The third-order valence-electron chi connectivity index (χ3n) is 2.62. The van der Waals surface area contributed by atoms with E-state index in [-0.39, 0.29) is 5.97 Å². The predicted molar refractivity (Wildman–Crippen MR) is 68.6 cm³/mol. The monoisotopic (exact) mass is 232 g/mol. The molecule has 0 radical (unpaired) electrons. The Morgan fingerprint density at radius 3 is 2.76 bits per heavy atom. The van der Waals surface area contributed by atoms with Gasteiger partial charge >= 0.3 is 5.97 Å². The number of rotatable bonds is 3. The van der Waals surface area contributed by atoms with Crippen molar-refractivity contribution in [2.24, 2.45) is 0 Å². The van der Waals surface area contributed by atoms with Crippen molar-refractivity contribution in [3.8, 4) is 0 Å². The number of benzene rings is 1. The van der Waals surface area contributed by atoms with Crippen LogP contribution in [-0.2, 0) is 4.74 Å². The number of esters is 1. The lowest BCUT2D eigenvalue weighted by molar-refractivity contribution is 0.0520. The first-order valence-electron chi connectivity index (χ1n) is 5.59. The second-order valence-corrected chi connectivity index (χ2v) is 4.07. The van der Waals surface area contributed by atoms with E-state index >= 15 is 0 Å². The number of ether oxygens (including phenoxy) is 1. The highest BCUT2D eigenvalue weighted by Crippen LogP contribution is 2.21. The van der Waals surface area contributed by atoms with E-state index in [0.29, 0.717) is 12.3 Å². The number of carbonyl (C=O) groups is 1. The summed E-state index contributed by atoms with van der Waals surface area (Å²) < 4.78 is 4.95. The van der Waals surface area contributed by atoms with Gasteiger partial charge in [-0.3, -0.25) is 0 Å². The molecule has 0 aliphatic heterocycles. The molecule has 2 rings (SSSR count). The molecule has 0 unspecified atom stereocenters. The smallest absolute Gasteiger partial charge is 0.354 e. The van der Waals surface area contributed by atoms with Gasteiger partial charge in [-0.1, -0.05) is 6.07 Å². The Bertz CT molecular complexity index is 543. The summed E-state index contributed by atoms with van der Waals surface area (Å²) in [4.78, 5) is 16.7. The predicted octanol–water partition coefficient (Wildman–Crippen LogP) is 2.41. The summed E-state index contributed by atoms with van der Waals surface area (Å²) in [5, 5.41) is 1.01. The van der Waals surface area contributed by atoms with Crippen LogP contribution in [0.1, 0.15) is 17.4 Å². The van der Waals surface area contributed by atoms with E-state index in [0.717, 1.165) is 16.6 Å². The SMILES string of the molecule is CCOC(=O)c1cc2ccc(N(C)C)cc2[nH]1. The Morgan fingerprint density at radius 1 is 1.35 bits per heavy atom. The van der Waals surface area contributed by atoms with Crippen LogP contribution >= 0.6 is 0 Å².